The fourth-order valence-corrected chi connectivity index (χ4v) is 3.16. The maximum Gasteiger partial charge on any atom is 0.263 e. The lowest BCUT2D eigenvalue weighted by Crippen LogP contribution is -2.21. The highest BCUT2D eigenvalue weighted by Gasteiger charge is 2.13. The smallest absolute Gasteiger partial charge is 0.263 e. The Hall–Kier alpha value is -4.16. The van der Waals surface area contributed by atoms with Crippen molar-refractivity contribution in [3.05, 3.63) is 71.9 Å². The zero-order chi connectivity index (χ0) is 20.8. The molecule has 4 aromatic rings. The summed E-state index contributed by atoms with van der Waals surface area (Å²) < 4.78 is 5.47. The summed E-state index contributed by atoms with van der Waals surface area (Å²) in [6, 6.07) is 15.7. The summed E-state index contributed by atoms with van der Waals surface area (Å²) in [5.74, 6) is 0.731. The SMILES string of the molecule is N#Cc1cccc(OCC(=O)Nc2cc(-c3nccs3)nc(-c3ccccn3)n2)c1. The minimum atomic E-state index is -0.395. The average molecular weight is 414 g/mol. The van der Waals surface area contributed by atoms with E-state index in [0.29, 0.717) is 39.4 Å². The minimum absolute atomic E-state index is 0.232. The lowest BCUT2D eigenvalue weighted by Gasteiger charge is -2.09. The topological polar surface area (TPSA) is 114 Å². The summed E-state index contributed by atoms with van der Waals surface area (Å²) in [6.45, 7) is -0.232. The van der Waals surface area contributed by atoms with Crippen molar-refractivity contribution in [2.45, 2.75) is 0 Å². The Morgan fingerprint density at radius 1 is 1.07 bits per heavy atom. The summed E-state index contributed by atoms with van der Waals surface area (Å²) in [5.41, 5.74) is 1.62. The second-order valence-corrected chi connectivity index (χ2v) is 6.89. The third-order valence-electron chi connectivity index (χ3n) is 3.87. The number of anilines is 1. The summed E-state index contributed by atoms with van der Waals surface area (Å²) in [7, 11) is 0. The van der Waals surface area contributed by atoms with Gasteiger partial charge in [-0.25, -0.2) is 15.0 Å². The second kappa shape index (κ2) is 8.89. The van der Waals surface area contributed by atoms with E-state index in [1.165, 1.54) is 11.3 Å². The highest BCUT2D eigenvalue weighted by molar-refractivity contribution is 7.13. The van der Waals surface area contributed by atoms with Crippen LogP contribution in [0.4, 0.5) is 5.82 Å². The van der Waals surface area contributed by atoms with Crippen LogP contribution >= 0.6 is 11.3 Å². The number of carbonyl (C=O) groups is 1. The zero-order valence-electron chi connectivity index (χ0n) is 15.5. The van der Waals surface area contributed by atoms with Crippen molar-refractivity contribution in [3.8, 4) is 34.0 Å². The van der Waals surface area contributed by atoms with E-state index < -0.39 is 5.91 Å². The maximum atomic E-state index is 12.4. The molecule has 1 amide bonds. The Bertz CT molecular complexity index is 1210. The number of nitrogens with one attached hydrogen (secondary N) is 1. The van der Waals surface area contributed by atoms with E-state index in [9.17, 15) is 4.79 Å². The lowest BCUT2D eigenvalue weighted by atomic mass is 10.2. The number of amides is 1. The number of ether oxygens (including phenoxy) is 1. The van der Waals surface area contributed by atoms with Gasteiger partial charge in [-0.15, -0.1) is 11.3 Å². The summed E-state index contributed by atoms with van der Waals surface area (Å²) in [4.78, 5) is 29.9. The Morgan fingerprint density at radius 2 is 2.00 bits per heavy atom. The van der Waals surface area contributed by atoms with Crippen LogP contribution in [0.2, 0.25) is 0 Å². The fourth-order valence-electron chi connectivity index (χ4n) is 2.56. The number of nitrogens with zero attached hydrogens (tertiary/aromatic N) is 5. The molecule has 1 N–H and O–H groups in total. The molecule has 30 heavy (non-hydrogen) atoms. The van der Waals surface area contributed by atoms with Crippen LogP contribution < -0.4 is 10.1 Å². The number of benzene rings is 1. The van der Waals surface area contributed by atoms with E-state index in [4.69, 9.17) is 10.00 Å². The number of rotatable bonds is 6. The van der Waals surface area contributed by atoms with Crippen LogP contribution in [0.1, 0.15) is 5.56 Å². The van der Waals surface area contributed by atoms with Crippen LogP contribution in [0.15, 0.2) is 66.3 Å². The van der Waals surface area contributed by atoms with E-state index >= 15 is 0 Å². The van der Waals surface area contributed by atoms with Gasteiger partial charge in [0.15, 0.2) is 12.4 Å². The molecule has 0 spiro atoms. The molecule has 0 atom stereocenters. The molecule has 0 unspecified atom stereocenters. The molecule has 1 aromatic carbocycles. The number of hydrogen-bond donors (Lipinski definition) is 1. The first-order chi connectivity index (χ1) is 14.7. The van der Waals surface area contributed by atoms with Crippen LogP contribution in [0.3, 0.4) is 0 Å². The molecule has 0 saturated heterocycles. The molecule has 3 aromatic heterocycles. The van der Waals surface area contributed by atoms with Gasteiger partial charge in [0.05, 0.1) is 11.6 Å². The van der Waals surface area contributed by atoms with Gasteiger partial charge >= 0.3 is 0 Å². The van der Waals surface area contributed by atoms with Gasteiger partial charge in [0.1, 0.15) is 28.0 Å². The molecule has 0 aliphatic carbocycles. The van der Waals surface area contributed by atoms with E-state index in [-0.39, 0.29) is 6.61 Å². The second-order valence-electron chi connectivity index (χ2n) is 5.99. The Kier molecular flexibility index (Phi) is 5.68. The predicted molar refractivity (Wildman–Crippen MR) is 112 cm³/mol. The quantitative estimate of drug-likeness (QED) is 0.513. The first-order valence-electron chi connectivity index (χ1n) is 8.84. The highest BCUT2D eigenvalue weighted by atomic mass is 32.1. The van der Waals surface area contributed by atoms with Crippen molar-refractivity contribution >= 4 is 23.1 Å². The van der Waals surface area contributed by atoms with E-state index in [0.717, 1.165) is 0 Å². The van der Waals surface area contributed by atoms with Crippen molar-refractivity contribution < 1.29 is 9.53 Å². The molecule has 146 valence electrons. The lowest BCUT2D eigenvalue weighted by molar-refractivity contribution is -0.118. The van der Waals surface area contributed by atoms with Crippen molar-refractivity contribution in [2.24, 2.45) is 0 Å². The number of pyridine rings is 1. The summed E-state index contributed by atoms with van der Waals surface area (Å²) in [6.07, 6.45) is 3.33. The molecule has 4 rings (SSSR count). The van der Waals surface area contributed by atoms with Crippen molar-refractivity contribution in [1.29, 1.82) is 5.26 Å². The number of aromatic nitrogens is 4. The standard InChI is InChI=1S/C21H14N6O2S/c22-12-14-4-3-5-15(10-14)29-13-19(28)26-18-11-17(21-24-8-9-30-21)25-20(27-18)16-6-1-2-7-23-16/h1-11H,13H2,(H,25,26,27,28). The molecule has 0 radical (unpaired) electrons. The molecular formula is C21H14N6O2S. The van der Waals surface area contributed by atoms with E-state index in [1.54, 1.807) is 54.9 Å². The van der Waals surface area contributed by atoms with E-state index in [2.05, 4.69) is 25.3 Å². The highest BCUT2D eigenvalue weighted by Crippen LogP contribution is 2.25. The predicted octanol–water partition coefficient (Wildman–Crippen LogP) is 3.55. The number of thiazole rings is 1. The molecule has 3 heterocycles. The number of nitriles is 1. The van der Waals surface area contributed by atoms with Gasteiger partial charge < -0.3 is 10.1 Å². The van der Waals surface area contributed by atoms with Gasteiger partial charge in [-0.3, -0.25) is 9.78 Å². The third-order valence-corrected chi connectivity index (χ3v) is 4.67. The average Bonchev–Trinajstić information content (AvgIpc) is 3.33. The Balaban J connectivity index is 1.54. The summed E-state index contributed by atoms with van der Waals surface area (Å²) in [5, 5.41) is 14.2. The molecular weight excluding hydrogens is 400 g/mol. The normalized spacial score (nSPS) is 10.2. The first-order valence-corrected chi connectivity index (χ1v) is 9.72. The molecule has 0 aliphatic heterocycles. The van der Waals surface area contributed by atoms with Crippen LogP contribution in [0.5, 0.6) is 5.75 Å². The molecule has 0 fully saturated rings. The van der Waals surface area contributed by atoms with Crippen LogP contribution in [-0.4, -0.2) is 32.4 Å². The van der Waals surface area contributed by atoms with Crippen LogP contribution in [-0.2, 0) is 4.79 Å². The molecule has 0 aliphatic rings. The fraction of sp³-hybridized carbons (Fsp3) is 0.0476. The molecule has 8 nitrogen and oxygen atoms in total. The van der Waals surface area contributed by atoms with Crippen molar-refractivity contribution in [3.63, 3.8) is 0 Å². The van der Waals surface area contributed by atoms with Gasteiger partial charge in [-0.2, -0.15) is 5.26 Å². The van der Waals surface area contributed by atoms with E-state index in [1.807, 2.05) is 17.5 Å². The van der Waals surface area contributed by atoms with Crippen molar-refractivity contribution in [1.82, 2.24) is 19.9 Å². The number of carbonyl (C=O) groups excluding carboxylic acids is 1. The van der Waals surface area contributed by atoms with Gasteiger partial charge in [0.25, 0.3) is 5.91 Å². The van der Waals surface area contributed by atoms with Gasteiger partial charge in [-0.05, 0) is 30.3 Å². The number of hydrogen-bond acceptors (Lipinski definition) is 8. The molecule has 0 saturated carbocycles. The monoisotopic (exact) mass is 414 g/mol. The zero-order valence-corrected chi connectivity index (χ0v) is 16.3. The van der Waals surface area contributed by atoms with Crippen LogP contribution in [0, 0.1) is 11.3 Å². The molecule has 0 bridgehead atoms. The first kappa shape index (κ1) is 19.2. The van der Waals surface area contributed by atoms with Crippen molar-refractivity contribution in [2.75, 3.05) is 11.9 Å². The Morgan fingerprint density at radius 3 is 2.77 bits per heavy atom. The van der Waals surface area contributed by atoms with Gasteiger partial charge in [0.2, 0.25) is 0 Å². The largest absolute Gasteiger partial charge is 0.484 e. The van der Waals surface area contributed by atoms with Crippen LogP contribution in [0.25, 0.3) is 22.2 Å². The minimum Gasteiger partial charge on any atom is -0.484 e. The third kappa shape index (κ3) is 4.63. The summed E-state index contributed by atoms with van der Waals surface area (Å²) >= 11 is 1.43. The van der Waals surface area contributed by atoms with Gasteiger partial charge in [0, 0.05) is 23.8 Å². The Labute approximate surface area is 175 Å². The van der Waals surface area contributed by atoms with Gasteiger partial charge in [-0.1, -0.05) is 12.1 Å². The maximum absolute atomic E-state index is 12.4. The molecule has 9 heteroatoms.